The van der Waals surface area contributed by atoms with E-state index in [0.29, 0.717) is 0 Å². The highest BCUT2D eigenvalue weighted by atomic mass is 15.2. The largest absolute Gasteiger partial charge is 0.355 e. The van der Waals surface area contributed by atoms with Crippen molar-refractivity contribution in [3.63, 3.8) is 0 Å². The first kappa shape index (κ1) is 8.48. The Hall–Kier alpha value is -1.12. The average molecular weight is 177 g/mol. The summed E-state index contributed by atoms with van der Waals surface area (Å²) in [6.07, 6.45) is 4.92. The molecule has 0 saturated carbocycles. The van der Waals surface area contributed by atoms with Crippen LogP contribution in [0.1, 0.15) is 19.0 Å². The highest BCUT2D eigenvalue weighted by molar-refractivity contribution is 5.37. The lowest BCUT2D eigenvalue weighted by Crippen LogP contribution is -2.20. The van der Waals surface area contributed by atoms with Crippen molar-refractivity contribution in [2.24, 2.45) is 5.92 Å². The van der Waals surface area contributed by atoms with E-state index in [4.69, 9.17) is 0 Å². The average Bonchev–Trinajstić information content (AvgIpc) is 2.52. The van der Waals surface area contributed by atoms with Crippen LogP contribution in [0.25, 0.3) is 0 Å². The van der Waals surface area contributed by atoms with Crippen LogP contribution >= 0.6 is 0 Å². The zero-order chi connectivity index (χ0) is 9.26. The second kappa shape index (κ2) is 3.32. The summed E-state index contributed by atoms with van der Waals surface area (Å²) in [5, 5.41) is 0. The molecule has 0 spiro atoms. The fraction of sp³-hybridized carbons (Fsp3) is 0.600. The van der Waals surface area contributed by atoms with E-state index < -0.39 is 0 Å². The Bertz CT molecular complexity index is 298. The molecule has 2 rings (SSSR count). The Balaban J connectivity index is 2.16. The van der Waals surface area contributed by atoms with Gasteiger partial charge in [-0.25, -0.2) is 4.98 Å². The van der Waals surface area contributed by atoms with E-state index in [1.54, 1.807) is 6.20 Å². The molecule has 0 amide bonds. The predicted molar refractivity (Wildman–Crippen MR) is 52.8 cm³/mol. The number of anilines is 1. The monoisotopic (exact) mass is 177 g/mol. The van der Waals surface area contributed by atoms with Crippen molar-refractivity contribution >= 4 is 5.82 Å². The third kappa shape index (κ3) is 1.79. The van der Waals surface area contributed by atoms with E-state index in [1.807, 2.05) is 13.1 Å². The van der Waals surface area contributed by atoms with Crippen LogP contribution in [0.15, 0.2) is 12.4 Å². The van der Waals surface area contributed by atoms with Crippen molar-refractivity contribution < 1.29 is 0 Å². The van der Waals surface area contributed by atoms with Crippen molar-refractivity contribution in [2.75, 3.05) is 18.0 Å². The first-order valence-corrected chi connectivity index (χ1v) is 4.79. The maximum Gasteiger partial charge on any atom is 0.147 e. The minimum Gasteiger partial charge on any atom is -0.355 e. The van der Waals surface area contributed by atoms with Crippen LogP contribution < -0.4 is 4.90 Å². The normalized spacial score (nSPS) is 22.3. The SMILES string of the molecule is Cc1cncc(N2CCC(C)C2)n1. The molecule has 1 atom stereocenters. The fourth-order valence-corrected chi connectivity index (χ4v) is 1.75. The maximum atomic E-state index is 4.45. The fourth-order valence-electron chi connectivity index (χ4n) is 1.75. The number of hydrogen-bond donors (Lipinski definition) is 0. The van der Waals surface area contributed by atoms with E-state index in [-0.39, 0.29) is 0 Å². The molecular formula is C10H15N3. The third-order valence-corrected chi connectivity index (χ3v) is 2.49. The molecule has 0 aromatic carbocycles. The van der Waals surface area contributed by atoms with E-state index in [9.17, 15) is 0 Å². The van der Waals surface area contributed by atoms with Gasteiger partial charge in [0.05, 0.1) is 11.9 Å². The quantitative estimate of drug-likeness (QED) is 0.653. The molecule has 1 aromatic rings. The highest BCUT2D eigenvalue weighted by Gasteiger charge is 2.19. The van der Waals surface area contributed by atoms with Crippen LogP contribution in [0.5, 0.6) is 0 Å². The van der Waals surface area contributed by atoms with E-state index in [0.717, 1.165) is 30.5 Å². The van der Waals surface area contributed by atoms with Crippen molar-refractivity contribution in [1.82, 2.24) is 9.97 Å². The smallest absolute Gasteiger partial charge is 0.147 e. The summed E-state index contributed by atoms with van der Waals surface area (Å²) < 4.78 is 0. The topological polar surface area (TPSA) is 29.0 Å². The zero-order valence-corrected chi connectivity index (χ0v) is 8.20. The van der Waals surface area contributed by atoms with Crippen LogP contribution in [-0.4, -0.2) is 23.1 Å². The lowest BCUT2D eigenvalue weighted by molar-refractivity contribution is 0.658. The lowest BCUT2D eigenvalue weighted by atomic mass is 10.2. The van der Waals surface area contributed by atoms with Crippen molar-refractivity contribution in [3.05, 3.63) is 18.1 Å². The first-order valence-electron chi connectivity index (χ1n) is 4.79. The maximum absolute atomic E-state index is 4.45. The molecule has 0 bridgehead atoms. The third-order valence-electron chi connectivity index (χ3n) is 2.49. The van der Waals surface area contributed by atoms with E-state index in [2.05, 4.69) is 21.8 Å². The van der Waals surface area contributed by atoms with E-state index >= 15 is 0 Å². The Morgan fingerprint density at radius 2 is 2.31 bits per heavy atom. The van der Waals surface area contributed by atoms with Crippen LogP contribution in [0.4, 0.5) is 5.82 Å². The Morgan fingerprint density at radius 3 is 2.92 bits per heavy atom. The summed E-state index contributed by atoms with van der Waals surface area (Å²) in [6, 6.07) is 0. The molecule has 3 nitrogen and oxygen atoms in total. The molecule has 0 aliphatic carbocycles. The predicted octanol–water partition coefficient (Wildman–Crippen LogP) is 1.63. The molecule has 70 valence electrons. The van der Waals surface area contributed by atoms with Crippen molar-refractivity contribution in [2.45, 2.75) is 20.3 Å². The Morgan fingerprint density at radius 1 is 1.46 bits per heavy atom. The lowest BCUT2D eigenvalue weighted by Gasteiger charge is -2.16. The number of aryl methyl sites for hydroxylation is 1. The van der Waals surface area contributed by atoms with Gasteiger partial charge in [-0.15, -0.1) is 0 Å². The van der Waals surface area contributed by atoms with Gasteiger partial charge in [0.2, 0.25) is 0 Å². The van der Waals surface area contributed by atoms with Crippen LogP contribution in [0.2, 0.25) is 0 Å². The van der Waals surface area contributed by atoms with Gasteiger partial charge in [-0.05, 0) is 19.3 Å². The number of rotatable bonds is 1. The summed E-state index contributed by atoms with van der Waals surface area (Å²) in [5.41, 5.74) is 0.997. The molecule has 1 fully saturated rings. The Labute approximate surface area is 78.8 Å². The molecule has 0 N–H and O–H groups in total. The second-order valence-electron chi connectivity index (χ2n) is 3.86. The molecule has 0 radical (unpaired) electrons. The van der Waals surface area contributed by atoms with Gasteiger partial charge in [0.1, 0.15) is 5.82 Å². The van der Waals surface area contributed by atoms with Crippen LogP contribution in [0, 0.1) is 12.8 Å². The summed E-state index contributed by atoms with van der Waals surface area (Å²) in [4.78, 5) is 10.9. The van der Waals surface area contributed by atoms with Crippen molar-refractivity contribution in [1.29, 1.82) is 0 Å². The molecule has 13 heavy (non-hydrogen) atoms. The van der Waals surface area contributed by atoms with Gasteiger partial charge in [0, 0.05) is 19.3 Å². The van der Waals surface area contributed by atoms with Gasteiger partial charge >= 0.3 is 0 Å². The summed E-state index contributed by atoms with van der Waals surface area (Å²) in [7, 11) is 0. The van der Waals surface area contributed by atoms with Gasteiger partial charge in [0.25, 0.3) is 0 Å². The minimum atomic E-state index is 0.794. The molecule has 1 aliphatic rings. The molecule has 1 aliphatic heterocycles. The second-order valence-corrected chi connectivity index (χ2v) is 3.86. The van der Waals surface area contributed by atoms with E-state index in [1.165, 1.54) is 6.42 Å². The molecule has 3 heteroatoms. The highest BCUT2D eigenvalue weighted by Crippen LogP contribution is 2.20. The number of hydrogen-bond acceptors (Lipinski definition) is 3. The first-order chi connectivity index (χ1) is 6.25. The molecule has 1 aromatic heterocycles. The molecule has 2 heterocycles. The molecule has 1 unspecified atom stereocenters. The summed E-state index contributed by atoms with van der Waals surface area (Å²) in [6.45, 7) is 6.51. The minimum absolute atomic E-state index is 0.794. The van der Waals surface area contributed by atoms with Crippen molar-refractivity contribution in [3.8, 4) is 0 Å². The molecular weight excluding hydrogens is 162 g/mol. The Kier molecular flexibility index (Phi) is 2.17. The van der Waals surface area contributed by atoms with Gasteiger partial charge in [-0.2, -0.15) is 0 Å². The summed E-state index contributed by atoms with van der Waals surface area (Å²) >= 11 is 0. The zero-order valence-electron chi connectivity index (χ0n) is 8.20. The number of nitrogens with zero attached hydrogens (tertiary/aromatic N) is 3. The van der Waals surface area contributed by atoms with Gasteiger partial charge in [-0.1, -0.05) is 6.92 Å². The van der Waals surface area contributed by atoms with Gasteiger partial charge < -0.3 is 4.90 Å². The standard InChI is InChI=1S/C10H15N3/c1-8-3-4-13(7-8)10-6-11-5-9(2)12-10/h5-6,8H,3-4,7H2,1-2H3. The number of aromatic nitrogens is 2. The van der Waals surface area contributed by atoms with Crippen LogP contribution in [-0.2, 0) is 0 Å². The summed E-state index contributed by atoms with van der Waals surface area (Å²) in [5.74, 6) is 1.83. The molecule has 1 saturated heterocycles. The van der Waals surface area contributed by atoms with Crippen LogP contribution in [0.3, 0.4) is 0 Å². The van der Waals surface area contributed by atoms with Gasteiger partial charge in [0.15, 0.2) is 0 Å². The van der Waals surface area contributed by atoms with Gasteiger partial charge in [-0.3, -0.25) is 4.98 Å².